The minimum atomic E-state index is -0.969. The lowest BCUT2D eigenvalue weighted by Gasteiger charge is -2.43. The minimum absolute atomic E-state index is 0.0968. The number of carbonyl (C=O) groups is 5. The van der Waals surface area contributed by atoms with E-state index in [0.717, 1.165) is 16.2 Å². The zero-order valence-electron chi connectivity index (χ0n) is 18.1. The maximum Gasteiger partial charge on any atom is 0.325 e. The number of fused-ring (bicyclic) bond motifs is 1. The molecule has 1 aromatic carbocycles. The minimum Gasteiger partial charge on any atom is -0.325 e. The first-order valence-electron chi connectivity index (χ1n) is 10.3. The summed E-state index contributed by atoms with van der Waals surface area (Å²) in [6, 6.07) is 3.85. The van der Waals surface area contributed by atoms with Crippen LogP contribution in [0.25, 0.3) is 0 Å². The molecule has 1 aromatic rings. The molecule has 0 unspecified atom stereocenters. The molecule has 4 rings (SSSR count). The summed E-state index contributed by atoms with van der Waals surface area (Å²) in [6.45, 7) is 5.80. The quantitative estimate of drug-likeness (QED) is 0.566. The van der Waals surface area contributed by atoms with Crippen molar-refractivity contribution in [1.82, 2.24) is 15.1 Å². The second-order valence-electron chi connectivity index (χ2n) is 9.74. The summed E-state index contributed by atoms with van der Waals surface area (Å²) in [7, 11) is 1.39. The predicted molar refractivity (Wildman–Crippen MR) is 111 cm³/mol. The highest BCUT2D eigenvalue weighted by Gasteiger charge is 2.56. The molecule has 2 heterocycles. The van der Waals surface area contributed by atoms with Crippen LogP contribution in [0.2, 0.25) is 0 Å². The second kappa shape index (κ2) is 6.90. The predicted octanol–water partition coefficient (Wildman–Crippen LogP) is 1.99. The van der Waals surface area contributed by atoms with Crippen molar-refractivity contribution in [3.8, 4) is 0 Å². The van der Waals surface area contributed by atoms with Crippen molar-refractivity contribution < 1.29 is 24.0 Å². The fourth-order valence-electron chi connectivity index (χ4n) is 5.43. The summed E-state index contributed by atoms with van der Waals surface area (Å²) >= 11 is 0. The number of anilines is 1. The van der Waals surface area contributed by atoms with Crippen LogP contribution >= 0.6 is 0 Å². The van der Waals surface area contributed by atoms with Crippen molar-refractivity contribution in [1.29, 1.82) is 0 Å². The third kappa shape index (κ3) is 3.47. The molecule has 0 radical (unpaired) electrons. The maximum absolute atomic E-state index is 13.2. The molecule has 1 saturated carbocycles. The standard InChI is InChI=1S/C22H26N4O5/c1-12-8-21(2,3)11-22(9-12)19(30)26(20(31)24-22)10-16(27)23-13-5-6-14-15(7-13)18(29)25(4)17(14)28/h5-7,12H,8-11H2,1-4H3,(H,23,27)(H,24,31)/t12-,22-/m1/s1. The lowest BCUT2D eigenvalue weighted by Crippen LogP contribution is -2.54. The van der Waals surface area contributed by atoms with Crippen LogP contribution in [0.5, 0.6) is 0 Å². The first-order chi connectivity index (χ1) is 14.4. The molecule has 31 heavy (non-hydrogen) atoms. The number of imide groups is 2. The molecule has 2 aliphatic heterocycles. The number of urea groups is 1. The SMILES string of the molecule is C[C@@H]1CC(C)(C)C[C@@]2(C1)NC(=O)N(CC(=O)Nc1ccc3c(c1)C(=O)N(C)C3=O)C2=O. The average Bonchev–Trinajstić information content (AvgIpc) is 3.00. The van der Waals surface area contributed by atoms with Crippen molar-refractivity contribution in [2.75, 3.05) is 18.9 Å². The molecule has 9 nitrogen and oxygen atoms in total. The molecule has 2 N–H and O–H groups in total. The summed E-state index contributed by atoms with van der Waals surface area (Å²) in [5.41, 5.74) is -0.271. The second-order valence-corrected chi connectivity index (χ2v) is 9.74. The van der Waals surface area contributed by atoms with Crippen molar-refractivity contribution in [2.24, 2.45) is 11.3 Å². The fraction of sp³-hybridized carbons (Fsp3) is 0.500. The van der Waals surface area contributed by atoms with Gasteiger partial charge in [0.1, 0.15) is 12.1 Å². The van der Waals surface area contributed by atoms with E-state index in [1.807, 2.05) is 0 Å². The van der Waals surface area contributed by atoms with E-state index in [1.54, 1.807) is 0 Å². The van der Waals surface area contributed by atoms with Crippen molar-refractivity contribution in [3.05, 3.63) is 29.3 Å². The molecule has 164 valence electrons. The van der Waals surface area contributed by atoms with E-state index in [-0.39, 0.29) is 28.4 Å². The summed E-state index contributed by atoms with van der Waals surface area (Å²) in [4.78, 5) is 64.4. The molecule has 1 aliphatic carbocycles. The Balaban J connectivity index is 1.47. The van der Waals surface area contributed by atoms with E-state index in [2.05, 4.69) is 31.4 Å². The largest absolute Gasteiger partial charge is 0.325 e. The zero-order chi connectivity index (χ0) is 22.7. The van der Waals surface area contributed by atoms with Gasteiger partial charge in [-0.15, -0.1) is 0 Å². The van der Waals surface area contributed by atoms with Gasteiger partial charge in [0, 0.05) is 12.7 Å². The van der Waals surface area contributed by atoms with E-state index in [9.17, 15) is 24.0 Å². The molecule has 6 amide bonds. The van der Waals surface area contributed by atoms with E-state index >= 15 is 0 Å². The van der Waals surface area contributed by atoms with Gasteiger partial charge < -0.3 is 10.6 Å². The van der Waals surface area contributed by atoms with Crippen LogP contribution in [0.1, 0.15) is 60.7 Å². The van der Waals surface area contributed by atoms with Gasteiger partial charge >= 0.3 is 6.03 Å². The highest BCUT2D eigenvalue weighted by molar-refractivity contribution is 6.21. The number of hydrogen-bond acceptors (Lipinski definition) is 5. The molecule has 0 bridgehead atoms. The van der Waals surface area contributed by atoms with Crippen LogP contribution in [0, 0.1) is 11.3 Å². The van der Waals surface area contributed by atoms with Gasteiger partial charge in [-0.2, -0.15) is 0 Å². The van der Waals surface area contributed by atoms with Gasteiger partial charge in [-0.25, -0.2) is 4.79 Å². The van der Waals surface area contributed by atoms with Crippen LogP contribution in [-0.4, -0.2) is 58.6 Å². The van der Waals surface area contributed by atoms with E-state index in [4.69, 9.17) is 0 Å². The average molecular weight is 426 g/mol. The molecule has 0 aromatic heterocycles. The monoisotopic (exact) mass is 426 g/mol. The van der Waals surface area contributed by atoms with Gasteiger partial charge in [0.15, 0.2) is 0 Å². The van der Waals surface area contributed by atoms with Crippen LogP contribution in [0.3, 0.4) is 0 Å². The molecule has 1 spiro atoms. The zero-order valence-corrected chi connectivity index (χ0v) is 18.1. The number of carbonyl (C=O) groups excluding carboxylic acids is 5. The van der Waals surface area contributed by atoms with Gasteiger partial charge in [0.05, 0.1) is 11.1 Å². The molecule has 2 fully saturated rings. The Labute approximate surface area is 180 Å². The third-order valence-electron chi connectivity index (χ3n) is 6.30. The van der Waals surface area contributed by atoms with Gasteiger partial charge in [-0.1, -0.05) is 20.8 Å². The highest BCUT2D eigenvalue weighted by Crippen LogP contribution is 2.46. The van der Waals surface area contributed by atoms with E-state index in [1.165, 1.54) is 25.2 Å². The summed E-state index contributed by atoms with van der Waals surface area (Å²) in [6.07, 6.45) is 2.04. The van der Waals surface area contributed by atoms with Crippen LogP contribution in [0.15, 0.2) is 18.2 Å². The smallest absolute Gasteiger partial charge is 0.325 e. The van der Waals surface area contributed by atoms with E-state index < -0.39 is 35.8 Å². The number of hydrogen-bond donors (Lipinski definition) is 2. The first kappa shape index (κ1) is 21.0. The van der Waals surface area contributed by atoms with Crippen LogP contribution in [-0.2, 0) is 9.59 Å². The Bertz CT molecular complexity index is 1030. The Kier molecular flexibility index (Phi) is 4.68. The highest BCUT2D eigenvalue weighted by atomic mass is 16.2. The molecule has 2 atom stereocenters. The van der Waals surface area contributed by atoms with Crippen molar-refractivity contribution in [2.45, 2.75) is 45.6 Å². The molecule has 9 heteroatoms. The van der Waals surface area contributed by atoms with Gasteiger partial charge in [0.25, 0.3) is 17.7 Å². The summed E-state index contributed by atoms with van der Waals surface area (Å²) in [5, 5.41) is 5.46. The Morgan fingerprint density at radius 3 is 2.48 bits per heavy atom. The van der Waals surface area contributed by atoms with Gasteiger partial charge in [-0.05, 0) is 48.8 Å². The molecule has 3 aliphatic rings. The van der Waals surface area contributed by atoms with Crippen LogP contribution < -0.4 is 10.6 Å². The normalized spacial score (nSPS) is 27.0. The fourth-order valence-corrected chi connectivity index (χ4v) is 5.43. The lowest BCUT2D eigenvalue weighted by atomic mass is 9.64. The number of benzene rings is 1. The number of amides is 6. The van der Waals surface area contributed by atoms with Crippen LogP contribution in [0.4, 0.5) is 10.5 Å². The Hall–Kier alpha value is -3.23. The Morgan fingerprint density at radius 2 is 1.81 bits per heavy atom. The van der Waals surface area contributed by atoms with Gasteiger partial charge in [0.2, 0.25) is 5.91 Å². The number of nitrogens with one attached hydrogen (secondary N) is 2. The van der Waals surface area contributed by atoms with Gasteiger partial charge in [-0.3, -0.25) is 29.0 Å². The summed E-state index contributed by atoms with van der Waals surface area (Å²) in [5.74, 6) is -1.50. The Morgan fingerprint density at radius 1 is 1.13 bits per heavy atom. The number of nitrogens with zero attached hydrogens (tertiary/aromatic N) is 2. The third-order valence-corrected chi connectivity index (χ3v) is 6.30. The van der Waals surface area contributed by atoms with Crippen molar-refractivity contribution in [3.63, 3.8) is 0 Å². The molecular formula is C22H26N4O5. The number of rotatable bonds is 3. The summed E-state index contributed by atoms with van der Waals surface area (Å²) < 4.78 is 0. The van der Waals surface area contributed by atoms with Crippen molar-refractivity contribution >= 4 is 35.3 Å². The maximum atomic E-state index is 13.2. The van der Waals surface area contributed by atoms with E-state index in [0.29, 0.717) is 18.5 Å². The first-order valence-corrected chi connectivity index (χ1v) is 10.3. The topological polar surface area (TPSA) is 116 Å². The molecular weight excluding hydrogens is 400 g/mol. The molecule has 1 saturated heterocycles. The lowest BCUT2D eigenvalue weighted by molar-refractivity contribution is -0.136.